The number of ether oxygens (including phenoxy) is 1. The fourth-order valence-corrected chi connectivity index (χ4v) is 2.44. The highest BCUT2D eigenvalue weighted by atomic mass is 16.5. The van der Waals surface area contributed by atoms with Gasteiger partial charge in [-0.25, -0.2) is 0 Å². The van der Waals surface area contributed by atoms with E-state index in [-0.39, 0.29) is 12.5 Å². The molecule has 112 valence electrons. The molecule has 0 aliphatic rings. The van der Waals surface area contributed by atoms with Gasteiger partial charge in [-0.05, 0) is 22.8 Å². The predicted octanol–water partition coefficient (Wildman–Crippen LogP) is 1.81. The summed E-state index contributed by atoms with van der Waals surface area (Å²) in [7, 11) is 3.33. The minimum absolute atomic E-state index is 0.0860. The average molecular weight is 286 g/mol. The van der Waals surface area contributed by atoms with Crippen LogP contribution in [0.15, 0.2) is 42.5 Å². The molecule has 1 atom stereocenters. The van der Waals surface area contributed by atoms with E-state index in [0.717, 1.165) is 6.42 Å². The maximum absolute atomic E-state index is 12.0. The smallest absolute Gasteiger partial charge is 0.241 e. The van der Waals surface area contributed by atoms with Crippen LogP contribution in [0.4, 0.5) is 0 Å². The lowest BCUT2D eigenvalue weighted by Crippen LogP contribution is -2.45. The van der Waals surface area contributed by atoms with Gasteiger partial charge in [0.25, 0.3) is 0 Å². The van der Waals surface area contributed by atoms with Crippen LogP contribution in [0.2, 0.25) is 0 Å². The Hall–Kier alpha value is -1.91. The zero-order valence-corrected chi connectivity index (χ0v) is 12.6. The Kier molecular flexibility index (Phi) is 5.31. The Labute approximate surface area is 125 Å². The first-order valence-corrected chi connectivity index (χ1v) is 7.09. The summed E-state index contributed by atoms with van der Waals surface area (Å²) in [4.78, 5) is 13.7. The largest absolute Gasteiger partial charge is 0.383 e. The van der Waals surface area contributed by atoms with Crippen molar-refractivity contribution < 1.29 is 9.53 Å². The van der Waals surface area contributed by atoms with Crippen LogP contribution in [0.25, 0.3) is 10.8 Å². The van der Waals surface area contributed by atoms with Crippen molar-refractivity contribution in [2.45, 2.75) is 12.5 Å². The lowest BCUT2D eigenvalue weighted by Gasteiger charge is -2.21. The maximum atomic E-state index is 12.0. The van der Waals surface area contributed by atoms with Gasteiger partial charge in [-0.3, -0.25) is 4.79 Å². The Morgan fingerprint density at radius 3 is 2.71 bits per heavy atom. The van der Waals surface area contributed by atoms with Crippen molar-refractivity contribution in [1.29, 1.82) is 0 Å². The van der Waals surface area contributed by atoms with Crippen LogP contribution < -0.4 is 5.73 Å². The monoisotopic (exact) mass is 286 g/mol. The van der Waals surface area contributed by atoms with Gasteiger partial charge in [0, 0.05) is 20.7 Å². The molecule has 0 radical (unpaired) electrons. The van der Waals surface area contributed by atoms with E-state index in [1.54, 1.807) is 19.1 Å². The molecule has 4 heteroatoms. The molecule has 2 N–H and O–H groups in total. The molecule has 21 heavy (non-hydrogen) atoms. The van der Waals surface area contributed by atoms with Crippen LogP contribution in [-0.4, -0.2) is 44.2 Å². The summed E-state index contributed by atoms with van der Waals surface area (Å²) in [5.41, 5.74) is 7.02. The van der Waals surface area contributed by atoms with Crippen molar-refractivity contribution in [3.63, 3.8) is 0 Å². The number of methoxy groups -OCH3 is 1. The second-order valence-electron chi connectivity index (χ2n) is 5.21. The van der Waals surface area contributed by atoms with Gasteiger partial charge in [0.1, 0.15) is 6.04 Å². The van der Waals surface area contributed by atoms with E-state index < -0.39 is 6.04 Å². The highest BCUT2D eigenvalue weighted by Gasteiger charge is 2.17. The first-order chi connectivity index (χ1) is 10.1. The average Bonchev–Trinajstić information content (AvgIpc) is 2.52. The van der Waals surface area contributed by atoms with Crippen molar-refractivity contribution in [3.05, 3.63) is 48.0 Å². The minimum atomic E-state index is -0.590. The van der Waals surface area contributed by atoms with E-state index in [0.29, 0.717) is 6.54 Å². The number of fused-ring (bicyclic) bond motifs is 1. The Morgan fingerprint density at radius 2 is 1.95 bits per heavy atom. The number of carbonyl (C=O) groups excluding carboxylic acids is 1. The molecule has 4 nitrogen and oxygen atoms in total. The lowest BCUT2D eigenvalue weighted by molar-refractivity contribution is -0.132. The summed E-state index contributed by atoms with van der Waals surface area (Å²) in [6.45, 7) is 0.891. The molecule has 0 saturated carbocycles. The van der Waals surface area contributed by atoms with Crippen LogP contribution in [0.1, 0.15) is 5.56 Å². The molecule has 0 aliphatic heterocycles. The van der Waals surface area contributed by atoms with E-state index in [2.05, 4.69) is 30.3 Å². The number of hydrogen-bond acceptors (Lipinski definition) is 3. The topological polar surface area (TPSA) is 55.6 Å². The highest BCUT2D eigenvalue weighted by molar-refractivity contribution is 5.86. The summed E-state index contributed by atoms with van der Waals surface area (Å²) in [6.07, 6.45) is 0.809. The molecule has 0 aromatic heterocycles. The predicted molar refractivity (Wildman–Crippen MR) is 85.1 cm³/mol. The first-order valence-electron chi connectivity index (χ1n) is 7.09. The number of nitrogens with zero attached hydrogens (tertiary/aromatic N) is 1. The van der Waals surface area contributed by atoms with Crippen molar-refractivity contribution in [2.75, 3.05) is 27.3 Å². The minimum Gasteiger partial charge on any atom is -0.383 e. The third-order valence-electron chi connectivity index (χ3n) is 3.64. The molecule has 2 aromatic carbocycles. The maximum Gasteiger partial charge on any atom is 0.241 e. The molecule has 0 heterocycles. The lowest BCUT2D eigenvalue weighted by atomic mass is 10.0. The standard InChI is InChI=1S/C17H22N2O2/c1-19(17(20)16(18)12-21-2)11-10-14-8-5-7-13-6-3-4-9-15(13)14/h3-9,16H,10-12,18H2,1-2H3. The Balaban J connectivity index is 2.03. The fraction of sp³-hybridized carbons (Fsp3) is 0.353. The van der Waals surface area contributed by atoms with E-state index in [1.165, 1.54) is 16.3 Å². The van der Waals surface area contributed by atoms with Crippen LogP contribution in [0, 0.1) is 0 Å². The number of hydrogen-bond donors (Lipinski definition) is 1. The first kappa shape index (κ1) is 15.5. The SMILES string of the molecule is COCC(N)C(=O)N(C)CCc1cccc2ccccc12. The van der Waals surface area contributed by atoms with Gasteiger partial charge in [0.15, 0.2) is 0 Å². The fourth-order valence-electron chi connectivity index (χ4n) is 2.44. The summed E-state index contributed by atoms with van der Waals surface area (Å²) in [6, 6.07) is 14.0. The number of rotatable bonds is 6. The van der Waals surface area contributed by atoms with Gasteiger partial charge >= 0.3 is 0 Å². The summed E-state index contributed by atoms with van der Waals surface area (Å²) >= 11 is 0. The van der Waals surface area contributed by atoms with Crippen molar-refractivity contribution >= 4 is 16.7 Å². The zero-order chi connectivity index (χ0) is 15.2. The number of amides is 1. The van der Waals surface area contributed by atoms with Crippen molar-refractivity contribution in [2.24, 2.45) is 5.73 Å². The Morgan fingerprint density at radius 1 is 1.24 bits per heavy atom. The van der Waals surface area contributed by atoms with Gasteiger partial charge in [-0.2, -0.15) is 0 Å². The van der Waals surface area contributed by atoms with Gasteiger partial charge in [0.2, 0.25) is 5.91 Å². The third kappa shape index (κ3) is 3.80. The van der Waals surface area contributed by atoms with Gasteiger partial charge in [0.05, 0.1) is 6.61 Å². The van der Waals surface area contributed by atoms with E-state index in [9.17, 15) is 4.79 Å². The van der Waals surface area contributed by atoms with Gasteiger partial charge < -0.3 is 15.4 Å². The van der Waals surface area contributed by atoms with Crippen LogP contribution >= 0.6 is 0 Å². The summed E-state index contributed by atoms with van der Waals surface area (Å²) in [5.74, 6) is -0.0860. The molecule has 2 rings (SSSR count). The van der Waals surface area contributed by atoms with E-state index in [1.807, 2.05) is 12.1 Å². The molecule has 2 aromatic rings. The van der Waals surface area contributed by atoms with Crippen LogP contribution in [0.5, 0.6) is 0 Å². The van der Waals surface area contributed by atoms with E-state index >= 15 is 0 Å². The highest BCUT2D eigenvalue weighted by Crippen LogP contribution is 2.19. The molecular weight excluding hydrogens is 264 g/mol. The van der Waals surface area contributed by atoms with Crippen molar-refractivity contribution in [1.82, 2.24) is 4.90 Å². The molecule has 0 bridgehead atoms. The Bertz CT molecular complexity index is 607. The molecule has 1 amide bonds. The zero-order valence-electron chi connectivity index (χ0n) is 12.6. The molecule has 0 spiro atoms. The second-order valence-corrected chi connectivity index (χ2v) is 5.21. The van der Waals surface area contributed by atoms with Gasteiger partial charge in [-0.1, -0.05) is 42.5 Å². The molecular formula is C17H22N2O2. The molecule has 1 unspecified atom stereocenters. The number of likely N-dealkylation sites (N-methyl/N-ethyl adjacent to an activating group) is 1. The third-order valence-corrected chi connectivity index (χ3v) is 3.64. The quantitative estimate of drug-likeness (QED) is 0.881. The summed E-state index contributed by atoms with van der Waals surface area (Å²) < 4.78 is 4.92. The normalized spacial score (nSPS) is 12.3. The molecule has 0 aliphatic carbocycles. The number of carbonyl (C=O) groups is 1. The molecule has 0 saturated heterocycles. The van der Waals surface area contributed by atoms with Crippen LogP contribution in [0.3, 0.4) is 0 Å². The summed E-state index contributed by atoms with van der Waals surface area (Å²) in [5, 5.41) is 2.46. The number of nitrogens with two attached hydrogens (primary N) is 1. The van der Waals surface area contributed by atoms with Crippen molar-refractivity contribution in [3.8, 4) is 0 Å². The number of benzene rings is 2. The van der Waals surface area contributed by atoms with E-state index in [4.69, 9.17) is 10.5 Å². The van der Waals surface area contributed by atoms with Gasteiger partial charge in [-0.15, -0.1) is 0 Å². The second kappa shape index (κ2) is 7.20. The molecule has 0 fully saturated rings. The van der Waals surface area contributed by atoms with Crippen LogP contribution in [-0.2, 0) is 16.0 Å².